The molecule has 0 fully saturated rings. The summed E-state index contributed by atoms with van der Waals surface area (Å²) in [6.45, 7) is 6.03. The summed E-state index contributed by atoms with van der Waals surface area (Å²) in [6.07, 6.45) is 9.37. The Kier molecular flexibility index (Phi) is 9.13. The van der Waals surface area contributed by atoms with Crippen molar-refractivity contribution >= 4 is 5.97 Å². The number of benzene rings is 2. The summed E-state index contributed by atoms with van der Waals surface area (Å²) in [7, 11) is 2.10. The lowest BCUT2D eigenvalue weighted by Crippen LogP contribution is -2.34. The summed E-state index contributed by atoms with van der Waals surface area (Å²) in [6, 6.07) is 18.3. The predicted octanol–water partition coefficient (Wildman–Crippen LogP) is 5.99. The molecule has 0 radical (unpaired) electrons. The van der Waals surface area contributed by atoms with E-state index in [1.165, 1.54) is 6.92 Å². The van der Waals surface area contributed by atoms with Crippen molar-refractivity contribution in [1.82, 2.24) is 10.2 Å². The number of ether oxygens (including phenoxy) is 1. The standard InChI is InChI=1S/C28H30N2O3.C2H3N/c1-4-33-26-12-8-7-10-22(26)20-13-15-21(16-14-20)25-17-24(29-18-27(31)32)23-11-6-5-9-19(2)28(23)30(25)3;1-2-3/h5,7-17,25,29H,4,6,18H2,1-3H3,(H,31,32);1H3. The molecule has 2 aromatic rings. The molecule has 36 heavy (non-hydrogen) atoms. The first-order valence-corrected chi connectivity index (χ1v) is 12.0. The average molecular weight is 484 g/mol. The number of carboxylic acids is 1. The number of hydrogen-bond acceptors (Lipinski definition) is 5. The number of nitriles is 1. The highest BCUT2D eigenvalue weighted by molar-refractivity contribution is 5.71. The molecule has 2 N–H and O–H groups in total. The summed E-state index contributed by atoms with van der Waals surface area (Å²) in [5.41, 5.74) is 7.51. The van der Waals surface area contributed by atoms with Crippen LogP contribution < -0.4 is 10.1 Å². The van der Waals surface area contributed by atoms with Gasteiger partial charge in [-0.2, -0.15) is 5.26 Å². The van der Waals surface area contributed by atoms with Gasteiger partial charge in [0.25, 0.3) is 0 Å². The van der Waals surface area contributed by atoms with Crippen LogP contribution in [0.25, 0.3) is 11.1 Å². The zero-order valence-corrected chi connectivity index (χ0v) is 21.3. The van der Waals surface area contributed by atoms with Crippen molar-refractivity contribution < 1.29 is 14.6 Å². The molecule has 0 saturated heterocycles. The Morgan fingerprint density at radius 1 is 1.22 bits per heavy atom. The summed E-state index contributed by atoms with van der Waals surface area (Å²) < 4.78 is 5.81. The molecule has 1 heterocycles. The summed E-state index contributed by atoms with van der Waals surface area (Å²) >= 11 is 0. The molecule has 6 heteroatoms. The molecule has 2 aromatic carbocycles. The number of fused-ring (bicyclic) bond motifs is 1. The normalized spacial score (nSPS) is 16.4. The Morgan fingerprint density at radius 3 is 2.58 bits per heavy atom. The van der Waals surface area contributed by atoms with E-state index in [4.69, 9.17) is 10.00 Å². The van der Waals surface area contributed by atoms with Crippen molar-refractivity contribution in [3.63, 3.8) is 0 Å². The first kappa shape index (κ1) is 26.4. The first-order valence-electron chi connectivity index (χ1n) is 12.0. The first-order chi connectivity index (χ1) is 17.4. The van der Waals surface area contributed by atoms with E-state index < -0.39 is 5.97 Å². The highest BCUT2D eigenvalue weighted by atomic mass is 16.5. The molecule has 1 unspecified atom stereocenters. The molecule has 0 aromatic heterocycles. The van der Waals surface area contributed by atoms with Crippen LogP contribution in [0.1, 0.15) is 38.8 Å². The molecule has 1 aliphatic carbocycles. The van der Waals surface area contributed by atoms with Gasteiger partial charge < -0.3 is 20.1 Å². The Balaban J connectivity index is 0.00000115. The van der Waals surface area contributed by atoms with Crippen LogP contribution in [-0.4, -0.2) is 36.2 Å². The maximum absolute atomic E-state index is 11.2. The van der Waals surface area contributed by atoms with Crippen molar-refractivity contribution in [3.8, 4) is 22.9 Å². The van der Waals surface area contributed by atoms with Crippen LogP contribution in [0, 0.1) is 11.3 Å². The van der Waals surface area contributed by atoms with Crippen molar-refractivity contribution in [2.75, 3.05) is 20.2 Å². The number of hydrogen-bond donors (Lipinski definition) is 2. The number of carbonyl (C=O) groups is 1. The number of nitrogens with one attached hydrogen (secondary N) is 1. The molecule has 0 amide bonds. The van der Waals surface area contributed by atoms with Crippen LogP contribution in [0.2, 0.25) is 0 Å². The lowest BCUT2D eigenvalue weighted by molar-refractivity contribution is -0.135. The van der Waals surface area contributed by atoms with Crippen molar-refractivity contribution in [1.29, 1.82) is 5.26 Å². The zero-order valence-electron chi connectivity index (χ0n) is 21.3. The van der Waals surface area contributed by atoms with Crippen molar-refractivity contribution in [3.05, 3.63) is 101 Å². The Hall–Kier alpha value is -4.24. The second-order valence-corrected chi connectivity index (χ2v) is 8.45. The van der Waals surface area contributed by atoms with Crippen molar-refractivity contribution in [2.24, 2.45) is 0 Å². The van der Waals surface area contributed by atoms with Crippen LogP contribution >= 0.6 is 0 Å². The van der Waals surface area contributed by atoms with Crippen LogP contribution in [0.15, 0.2) is 95.4 Å². The third-order valence-corrected chi connectivity index (χ3v) is 6.02. The third-order valence-electron chi connectivity index (χ3n) is 6.02. The van der Waals surface area contributed by atoms with Crippen molar-refractivity contribution in [2.45, 2.75) is 33.2 Å². The molecule has 186 valence electrons. The van der Waals surface area contributed by atoms with E-state index in [1.807, 2.05) is 25.1 Å². The largest absolute Gasteiger partial charge is 0.493 e. The van der Waals surface area contributed by atoms with Crippen LogP contribution in [0.4, 0.5) is 0 Å². The van der Waals surface area contributed by atoms with Gasteiger partial charge in [0, 0.05) is 36.5 Å². The van der Waals surface area contributed by atoms with Gasteiger partial charge in [-0.25, -0.2) is 0 Å². The molecular weight excluding hydrogens is 450 g/mol. The van der Waals surface area contributed by atoms with Crippen LogP contribution in [0.3, 0.4) is 0 Å². The van der Waals surface area contributed by atoms with Gasteiger partial charge in [-0.15, -0.1) is 0 Å². The monoisotopic (exact) mass is 483 g/mol. The average Bonchev–Trinajstić information content (AvgIpc) is 3.07. The topological polar surface area (TPSA) is 85.6 Å². The van der Waals surface area contributed by atoms with E-state index in [0.717, 1.165) is 51.4 Å². The zero-order chi connectivity index (χ0) is 26.1. The number of allylic oxidation sites excluding steroid dienone is 4. The quantitative estimate of drug-likeness (QED) is 0.503. The Labute approximate surface area is 213 Å². The number of nitrogens with zero attached hydrogens (tertiary/aromatic N) is 2. The number of aliphatic carboxylic acids is 1. The van der Waals surface area contributed by atoms with E-state index in [0.29, 0.717) is 6.61 Å². The fourth-order valence-corrected chi connectivity index (χ4v) is 4.51. The van der Waals surface area contributed by atoms with E-state index >= 15 is 0 Å². The molecular formula is C30H33N3O3. The van der Waals surface area contributed by atoms with Gasteiger partial charge in [-0.1, -0.05) is 60.7 Å². The van der Waals surface area contributed by atoms with E-state index in [-0.39, 0.29) is 12.6 Å². The lowest BCUT2D eigenvalue weighted by Gasteiger charge is -2.38. The smallest absolute Gasteiger partial charge is 0.322 e. The minimum Gasteiger partial charge on any atom is -0.493 e. The van der Waals surface area contributed by atoms with Gasteiger partial charge in [0.05, 0.1) is 18.7 Å². The van der Waals surface area contributed by atoms with Crippen LogP contribution in [-0.2, 0) is 4.79 Å². The summed E-state index contributed by atoms with van der Waals surface area (Å²) in [4.78, 5) is 13.5. The fraction of sp³-hybridized carbons (Fsp3) is 0.267. The second-order valence-electron chi connectivity index (χ2n) is 8.45. The van der Waals surface area contributed by atoms with Gasteiger partial charge >= 0.3 is 5.97 Å². The van der Waals surface area contributed by atoms with Gasteiger partial charge in [0.2, 0.25) is 0 Å². The minimum absolute atomic E-state index is 0.0221. The van der Waals surface area contributed by atoms with Crippen LogP contribution in [0.5, 0.6) is 5.75 Å². The van der Waals surface area contributed by atoms with Gasteiger partial charge in [0.1, 0.15) is 12.3 Å². The maximum Gasteiger partial charge on any atom is 0.322 e. The highest BCUT2D eigenvalue weighted by Gasteiger charge is 2.29. The highest BCUT2D eigenvalue weighted by Crippen LogP contribution is 2.40. The molecule has 1 atom stereocenters. The van der Waals surface area contributed by atoms with E-state index in [1.54, 1.807) is 6.07 Å². The molecule has 1 aliphatic heterocycles. The minimum atomic E-state index is -0.877. The number of rotatable bonds is 7. The Bertz CT molecular complexity index is 1250. The summed E-state index contributed by atoms with van der Waals surface area (Å²) in [5.74, 6) is 0.00156. The van der Waals surface area contributed by atoms with Gasteiger partial charge in [-0.3, -0.25) is 4.79 Å². The van der Waals surface area contributed by atoms with E-state index in [9.17, 15) is 9.90 Å². The summed E-state index contributed by atoms with van der Waals surface area (Å²) in [5, 5.41) is 19.7. The molecule has 4 rings (SSSR count). The molecule has 2 aliphatic rings. The second kappa shape index (κ2) is 12.5. The Morgan fingerprint density at radius 2 is 1.92 bits per heavy atom. The van der Waals surface area contributed by atoms with E-state index in [2.05, 4.69) is 78.8 Å². The number of likely N-dealkylation sites (N-methyl/N-ethyl adjacent to an activating group) is 1. The molecule has 0 spiro atoms. The van der Waals surface area contributed by atoms with Gasteiger partial charge in [-0.05, 0) is 49.1 Å². The van der Waals surface area contributed by atoms with Gasteiger partial charge in [0.15, 0.2) is 0 Å². The number of para-hydroxylation sites is 1. The number of carboxylic acid groups (broad SMARTS) is 1. The molecule has 0 bridgehead atoms. The molecule has 6 nitrogen and oxygen atoms in total. The third kappa shape index (κ3) is 6.05. The maximum atomic E-state index is 11.2. The fourth-order valence-electron chi connectivity index (χ4n) is 4.51. The SMILES string of the molecule is CC#N.CCOc1ccccc1-c1ccc(C2C=C(NCC(=O)O)C3=CCC=CC(C)=C3N2C)cc1. The molecule has 0 saturated carbocycles. The lowest BCUT2D eigenvalue weighted by atomic mass is 9.91. The predicted molar refractivity (Wildman–Crippen MR) is 143 cm³/mol.